The van der Waals surface area contributed by atoms with Gasteiger partial charge < -0.3 is 0 Å². The highest BCUT2D eigenvalue weighted by Gasteiger charge is 2.40. The third kappa shape index (κ3) is 2.36. The van der Waals surface area contributed by atoms with E-state index < -0.39 is 10.0 Å². The minimum absolute atomic E-state index is 0.343. The predicted octanol–water partition coefficient (Wildman–Crippen LogP) is 1.48. The average Bonchev–Trinajstić information content (AvgIpc) is 1.96. The van der Waals surface area contributed by atoms with Crippen molar-refractivity contribution in [3.8, 4) is 0 Å². The summed E-state index contributed by atoms with van der Waals surface area (Å²) in [6, 6.07) is 0. The molecule has 0 atom stereocenters. The molecule has 1 aliphatic carbocycles. The van der Waals surface area contributed by atoms with Crippen molar-refractivity contribution in [3.63, 3.8) is 0 Å². The van der Waals surface area contributed by atoms with Crippen LogP contribution in [0, 0.1) is 0 Å². The number of rotatable bonds is 4. The molecule has 0 heterocycles. The van der Waals surface area contributed by atoms with Crippen LogP contribution in [0.3, 0.4) is 0 Å². The van der Waals surface area contributed by atoms with Gasteiger partial charge in [0.25, 0.3) is 0 Å². The summed E-state index contributed by atoms with van der Waals surface area (Å²) in [7, 11) is -3.16. The monoisotopic (exact) mass is 225 g/mol. The molecule has 0 aromatic carbocycles. The van der Waals surface area contributed by atoms with Gasteiger partial charge in [0.05, 0.1) is 5.25 Å². The lowest BCUT2D eigenvalue weighted by atomic mass is 9.79. The highest BCUT2D eigenvalue weighted by atomic mass is 35.5. The Kier molecular flexibility index (Phi) is 3.25. The maximum Gasteiger partial charge on any atom is 0.214 e. The van der Waals surface area contributed by atoms with E-state index in [-0.39, 0.29) is 10.8 Å². The van der Waals surface area contributed by atoms with Crippen molar-refractivity contribution in [1.82, 2.24) is 4.72 Å². The third-order valence-electron chi connectivity index (χ3n) is 2.55. The van der Waals surface area contributed by atoms with Gasteiger partial charge in [-0.25, -0.2) is 13.1 Å². The largest absolute Gasteiger partial charge is 0.214 e. The lowest BCUT2D eigenvalue weighted by Gasteiger charge is -2.40. The molecule has 1 rings (SSSR count). The van der Waals surface area contributed by atoms with Gasteiger partial charge in [0.2, 0.25) is 10.0 Å². The molecule has 0 aromatic rings. The molecule has 13 heavy (non-hydrogen) atoms. The van der Waals surface area contributed by atoms with Gasteiger partial charge in [-0.2, -0.15) is 0 Å². The zero-order valence-corrected chi connectivity index (χ0v) is 9.58. The maximum absolute atomic E-state index is 11.5. The fraction of sp³-hybridized carbons (Fsp3) is 1.00. The molecule has 1 fully saturated rings. The Bertz CT molecular complexity index is 264. The smallest absolute Gasteiger partial charge is 0.212 e. The van der Waals surface area contributed by atoms with E-state index in [0.29, 0.717) is 5.88 Å². The number of sulfonamides is 1. The van der Waals surface area contributed by atoms with E-state index in [2.05, 4.69) is 4.72 Å². The molecule has 0 amide bonds. The predicted molar refractivity (Wildman–Crippen MR) is 54.5 cm³/mol. The average molecular weight is 226 g/mol. The summed E-state index contributed by atoms with van der Waals surface area (Å²) in [4.78, 5) is 0. The van der Waals surface area contributed by atoms with E-state index in [1.807, 2.05) is 0 Å². The molecule has 3 nitrogen and oxygen atoms in total. The Morgan fingerprint density at radius 2 is 2.00 bits per heavy atom. The summed E-state index contributed by atoms with van der Waals surface area (Å²) in [5.74, 6) is 0.374. The number of hydrogen-bond donors (Lipinski definition) is 1. The minimum atomic E-state index is -3.16. The molecule has 0 unspecified atom stereocenters. The van der Waals surface area contributed by atoms with Gasteiger partial charge in [0.1, 0.15) is 0 Å². The van der Waals surface area contributed by atoms with E-state index in [0.717, 1.165) is 19.3 Å². The molecule has 0 bridgehead atoms. The van der Waals surface area contributed by atoms with Crippen LogP contribution in [0.2, 0.25) is 0 Å². The molecule has 0 aromatic heterocycles. The lowest BCUT2D eigenvalue weighted by molar-refractivity contribution is 0.251. The Morgan fingerprint density at radius 3 is 2.23 bits per heavy atom. The van der Waals surface area contributed by atoms with E-state index in [1.54, 1.807) is 13.8 Å². The Hall–Kier alpha value is 0.200. The third-order valence-corrected chi connectivity index (χ3v) is 5.02. The number of alkyl halides is 1. The first kappa shape index (κ1) is 11.3. The van der Waals surface area contributed by atoms with Crippen LogP contribution in [0.4, 0.5) is 0 Å². The summed E-state index contributed by atoms with van der Waals surface area (Å²) in [6.45, 7) is 3.34. The van der Waals surface area contributed by atoms with Gasteiger partial charge in [0, 0.05) is 11.4 Å². The second-order valence-electron chi connectivity index (χ2n) is 3.96. The van der Waals surface area contributed by atoms with Crippen molar-refractivity contribution in [2.75, 3.05) is 5.88 Å². The normalized spacial score (nSPS) is 21.5. The van der Waals surface area contributed by atoms with Crippen molar-refractivity contribution >= 4 is 21.6 Å². The summed E-state index contributed by atoms with van der Waals surface area (Å²) >= 11 is 5.74. The molecule has 5 heteroatoms. The van der Waals surface area contributed by atoms with Crippen LogP contribution in [-0.4, -0.2) is 25.1 Å². The first-order chi connectivity index (χ1) is 5.92. The molecule has 1 N–H and O–H groups in total. The molecule has 0 radical (unpaired) electrons. The first-order valence-corrected chi connectivity index (χ1v) is 6.59. The van der Waals surface area contributed by atoms with Crippen molar-refractivity contribution in [3.05, 3.63) is 0 Å². The highest BCUT2D eigenvalue weighted by molar-refractivity contribution is 7.90. The topological polar surface area (TPSA) is 46.2 Å². The summed E-state index contributed by atoms with van der Waals surface area (Å²) in [6.07, 6.45) is 2.79. The van der Waals surface area contributed by atoms with Crippen molar-refractivity contribution in [2.24, 2.45) is 0 Å². The zero-order valence-electron chi connectivity index (χ0n) is 8.01. The van der Waals surface area contributed by atoms with Crippen LogP contribution >= 0.6 is 11.6 Å². The second-order valence-corrected chi connectivity index (χ2v) is 6.47. The second kappa shape index (κ2) is 3.75. The van der Waals surface area contributed by atoms with Crippen LogP contribution in [0.25, 0.3) is 0 Å². The fourth-order valence-corrected chi connectivity index (χ4v) is 2.82. The van der Waals surface area contributed by atoms with Gasteiger partial charge in [0.15, 0.2) is 0 Å². The van der Waals surface area contributed by atoms with E-state index in [9.17, 15) is 8.42 Å². The van der Waals surface area contributed by atoms with Crippen LogP contribution in [0.5, 0.6) is 0 Å². The molecular weight excluding hydrogens is 210 g/mol. The van der Waals surface area contributed by atoms with Crippen LogP contribution < -0.4 is 4.72 Å². The number of nitrogens with one attached hydrogen (secondary N) is 1. The molecule has 0 saturated heterocycles. The van der Waals surface area contributed by atoms with Gasteiger partial charge in [-0.15, -0.1) is 11.6 Å². The molecule has 0 spiro atoms. The Balaban J connectivity index is 2.67. The van der Waals surface area contributed by atoms with Gasteiger partial charge >= 0.3 is 0 Å². The minimum Gasteiger partial charge on any atom is -0.212 e. The molecule has 1 saturated carbocycles. The van der Waals surface area contributed by atoms with Crippen molar-refractivity contribution < 1.29 is 8.42 Å². The standard InChI is InChI=1S/C8H16ClNO2S/c1-7(2)13(11,12)10-8(6-9)4-3-5-8/h7,10H,3-6H2,1-2H3. The quantitative estimate of drug-likeness (QED) is 0.737. The van der Waals surface area contributed by atoms with E-state index >= 15 is 0 Å². The van der Waals surface area contributed by atoms with E-state index in [4.69, 9.17) is 11.6 Å². The summed E-state index contributed by atoms with van der Waals surface area (Å²) < 4.78 is 25.8. The SMILES string of the molecule is CC(C)S(=O)(=O)NC1(CCl)CCC1. The van der Waals surface area contributed by atoms with Gasteiger partial charge in [-0.1, -0.05) is 0 Å². The van der Waals surface area contributed by atoms with Crippen molar-refractivity contribution in [1.29, 1.82) is 0 Å². The maximum atomic E-state index is 11.5. The highest BCUT2D eigenvalue weighted by Crippen LogP contribution is 2.33. The van der Waals surface area contributed by atoms with Crippen molar-refractivity contribution in [2.45, 2.75) is 43.9 Å². The van der Waals surface area contributed by atoms with Gasteiger partial charge in [-0.3, -0.25) is 0 Å². The molecule has 78 valence electrons. The lowest BCUT2D eigenvalue weighted by Crippen LogP contribution is -2.56. The molecule has 0 aliphatic heterocycles. The Morgan fingerprint density at radius 1 is 1.46 bits per heavy atom. The zero-order chi connectivity index (χ0) is 10.1. The Labute approximate surface area is 84.9 Å². The van der Waals surface area contributed by atoms with Crippen LogP contribution in [0.1, 0.15) is 33.1 Å². The summed E-state index contributed by atoms with van der Waals surface area (Å²) in [5.41, 5.74) is -0.343. The molecular formula is C8H16ClNO2S. The van der Waals surface area contributed by atoms with Crippen LogP contribution in [0.15, 0.2) is 0 Å². The number of halogens is 1. The number of hydrogen-bond acceptors (Lipinski definition) is 2. The first-order valence-electron chi connectivity index (χ1n) is 4.51. The van der Waals surface area contributed by atoms with E-state index in [1.165, 1.54) is 0 Å². The molecule has 1 aliphatic rings. The van der Waals surface area contributed by atoms with Gasteiger partial charge in [-0.05, 0) is 33.1 Å². The summed E-state index contributed by atoms with van der Waals surface area (Å²) in [5, 5.41) is -0.381. The fourth-order valence-electron chi connectivity index (χ4n) is 1.29. The van der Waals surface area contributed by atoms with Crippen LogP contribution in [-0.2, 0) is 10.0 Å².